The van der Waals surface area contributed by atoms with Gasteiger partial charge in [-0.05, 0) is 38.8 Å². The summed E-state index contributed by atoms with van der Waals surface area (Å²) in [7, 11) is 0. The molecule has 0 aliphatic carbocycles. The molecule has 2 atom stereocenters. The van der Waals surface area contributed by atoms with Crippen molar-refractivity contribution in [2.24, 2.45) is 0 Å². The Kier molecular flexibility index (Phi) is 6.73. The van der Waals surface area contributed by atoms with Crippen LogP contribution in [0, 0.1) is 0 Å². The van der Waals surface area contributed by atoms with Gasteiger partial charge in [-0.1, -0.05) is 66.7 Å². The van der Waals surface area contributed by atoms with Crippen LogP contribution in [0.4, 0.5) is 4.79 Å². The molecule has 0 aliphatic rings. The maximum absolute atomic E-state index is 13.0. The Bertz CT molecular complexity index is 769. The molecule has 3 amide bonds. The minimum Gasteiger partial charge on any atom is -0.331 e. The van der Waals surface area contributed by atoms with Crippen LogP contribution in [0.15, 0.2) is 72.3 Å². The van der Waals surface area contributed by atoms with Crippen molar-refractivity contribution in [3.8, 4) is 0 Å². The summed E-state index contributed by atoms with van der Waals surface area (Å²) < 4.78 is 0. The summed E-state index contributed by atoms with van der Waals surface area (Å²) >= 11 is 0. The second-order valence-electron chi connectivity index (χ2n) is 6.32. The summed E-state index contributed by atoms with van der Waals surface area (Å²) in [6, 6.07) is 18.3. The molecule has 1 N–H and O–H groups in total. The zero-order chi connectivity index (χ0) is 19.1. The number of urea groups is 1. The molecule has 0 saturated heterocycles. The molecule has 26 heavy (non-hydrogen) atoms. The van der Waals surface area contributed by atoms with Gasteiger partial charge in [-0.2, -0.15) is 0 Å². The van der Waals surface area contributed by atoms with Crippen LogP contribution in [0.3, 0.4) is 0 Å². The quantitative estimate of drug-likeness (QED) is 0.770. The van der Waals surface area contributed by atoms with Gasteiger partial charge in [0.2, 0.25) is 0 Å². The van der Waals surface area contributed by atoms with Crippen LogP contribution in [0.25, 0.3) is 0 Å². The predicted octanol–water partition coefficient (Wildman–Crippen LogP) is 5.01. The van der Waals surface area contributed by atoms with Crippen molar-refractivity contribution >= 4 is 11.9 Å². The molecule has 4 nitrogen and oxygen atoms in total. The average Bonchev–Trinajstić information content (AvgIpc) is 2.68. The molecule has 0 aliphatic heterocycles. The highest BCUT2D eigenvalue weighted by Gasteiger charge is 2.29. The first-order chi connectivity index (χ1) is 12.5. The number of nitrogens with zero attached hydrogens (tertiary/aromatic N) is 1. The third-order valence-electron chi connectivity index (χ3n) is 4.52. The van der Waals surface area contributed by atoms with E-state index in [0.29, 0.717) is 5.57 Å². The first-order valence-electron chi connectivity index (χ1n) is 8.82. The highest BCUT2D eigenvalue weighted by atomic mass is 16.2. The third-order valence-corrected chi connectivity index (χ3v) is 4.52. The summed E-state index contributed by atoms with van der Waals surface area (Å²) in [6.07, 6.45) is 1.72. The lowest BCUT2D eigenvalue weighted by Gasteiger charge is -2.29. The molecule has 2 aromatic carbocycles. The van der Waals surface area contributed by atoms with E-state index in [-0.39, 0.29) is 18.0 Å². The van der Waals surface area contributed by atoms with E-state index < -0.39 is 6.03 Å². The maximum Gasteiger partial charge on any atom is 0.325 e. The fraction of sp³-hybridized carbons (Fsp3) is 0.273. The van der Waals surface area contributed by atoms with Gasteiger partial charge in [0.15, 0.2) is 0 Å². The second-order valence-corrected chi connectivity index (χ2v) is 6.32. The number of carbonyl (C=O) groups excluding carboxylic acids is 2. The van der Waals surface area contributed by atoms with E-state index >= 15 is 0 Å². The van der Waals surface area contributed by atoms with E-state index in [4.69, 9.17) is 0 Å². The number of imide groups is 1. The van der Waals surface area contributed by atoms with Gasteiger partial charge in [-0.25, -0.2) is 4.79 Å². The van der Waals surface area contributed by atoms with Gasteiger partial charge in [-0.15, -0.1) is 0 Å². The molecule has 0 fully saturated rings. The van der Waals surface area contributed by atoms with Crippen molar-refractivity contribution in [2.45, 2.75) is 39.8 Å². The zero-order valence-electron chi connectivity index (χ0n) is 15.8. The summed E-state index contributed by atoms with van der Waals surface area (Å²) in [5, 5.41) is 2.95. The van der Waals surface area contributed by atoms with Gasteiger partial charge in [0.05, 0.1) is 12.1 Å². The Morgan fingerprint density at radius 3 is 1.92 bits per heavy atom. The lowest BCUT2D eigenvalue weighted by atomic mass is 10.1. The van der Waals surface area contributed by atoms with Crippen molar-refractivity contribution in [3.05, 3.63) is 83.4 Å². The molecule has 0 bridgehead atoms. The first-order valence-corrected chi connectivity index (χ1v) is 8.82. The number of benzene rings is 2. The predicted molar refractivity (Wildman–Crippen MR) is 105 cm³/mol. The number of allylic oxidation sites excluding steroid dienone is 1. The lowest BCUT2D eigenvalue weighted by Crippen LogP contribution is -2.46. The van der Waals surface area contributed by atoms with Crippen LogP contribution in [0.1, 0.15) is 50.9 Å². The normalized spacial score (nSPS) is 13.6. The van der Waals surface area contributed by atoms with E-state index in [2.05, 4.69) is 5.32 Å². The van der Waals surface area contributed by atoms with Crippen molar-refractivity contribution in [1.29, 1.82) is 0 Å². The number of hydrogen-bond acceptors (Lipinski definition) is 2. The van der Waals surface area contributed by atoms with Crippen LogP contribution in [0.5, 0.6) is 0 Å². The maximum atomic E-state index is 13.0. The van der Waals surface area contributed by atoms with Gasteiger partial charge in [0.1, 0.15) is 0 Å². The fourth-order valence-corrected chi connectivity index (χ4v) is 2.72. The smallest absolute Gasteiger partial charge is 0.325 e. The molecule has 0 radical (unpaired) electrons. The number of rotatable bonds is 5. The SMILES string of the molecule is C/C=C(\C)C(=O)N(C(=O)N[C@@H](C)c1ccccc1)[C@@H](C)c1ccccc1. The van der Waals surface area contributed by atoms with E-state index in [9.17, 15) is 9.59 Å². The van der Waals surface area contributed by atoms with E-state index in [0.717, 1.165) is 11.1 Å². The molecular formula is C22H26N2O2. The summed E-state index contributed by atoms with van der Waals surface area (Å²) in [5.74, 6) is -0.290. The number of carbonyl (C=O) groups is 2. The standard InChI is InChI=1S/C22H26N2O2/c1-5-16(2)21(25)24(18(4)20-14-10-7-11-15-20)22(26)23-17(3)19-12-8-6-9-13-19/h5-15,17-18H,1-4H3,(H,23,26)/b16-5+/t17-,18-/m0/s1. The molecule has 4 heteroatoms. The Labute approximate surface area is 155 Å². The second kappa shape index (κ2) is 8.99. The molecule has 0 heterocycles. The van der Waals surface area contributed by atoms with E-state index in [1.54, 1.807) is 19.9 Å². The van der Waals surface area contributed by atoms with Crippen LogP contribution in [-0.2, 0) is 4.79 Å². The van der Waals surface area contributed by atoms with E-state index in [1.807, 2.05) is 74.5 Å². The molecule has 0 saturated carbocycles. The van der Waals surface area contributed by atoms with Crippen molar-refractivity contribution in [3.63, 3.8) is 0 Å². The largest absolute Gasteiger partial charge is 0.331 e. The molecule has 2 rings (SSSR count). The molecule has 2 aromatic rings. The number of amides is 3. The van der Waals surface area contributed by atoms with Crippen LogP contribution < -0.4 is 5.32 Å². The highest BCUT2D eigenvalue weighted by Crippen LogP contribution is 2.23. The van der Waals surface area contributed by atoms with Gasteiger partial charge >= 0.3 is 6.03 Å². The molecule has 0 unspecified atom stereocenters. The zero-order valence-corrected chi connectivity index (χ0v) is 15.8. The Balaban J connectivity index is 2.28. The van der Waals surface area contributed by atoms with Gasteiger partial charge in [0.25, 0.3) is 5.91 Å². The summed E-state index contributed by atoms with van der Waals surface area (Å²) in [5.41, 5.74) is 2.44. The Morgan fingerprint density at radius 1 is 0.923 bits per heavy atom. The number of nitrogens with one attached hydrogen (secondary N) is 1. The first kappa shape index (κ1) is 19.4. The van der Waals surface area contributed by atoms with Gasteiger partial charge in [0, 0.05) is 5.57 Å². The minimum absolute atomic E-state index is 0.201. The lowest BCUT2D eigenvalue weighted by molar-refractivity contribution is -0.126. The summed E-state index contributed by atoms with van der Waals surface area (Å²) in [6.45, 7) is 7.29. The Morgan fingerprint density at radius 2 is 1.42 bits per heavy atom. The highest BCUT2D eigenvalue weighted by molar-refractivity contribution is 6.03. The monoisotopic (exact) mass is 350 g/mol. The van der Waals surface area contributed by atoms with Gasteiger partial charge in [-0.3, -0.25) is 9.69 Å². The van der Waals surface area contributed by atoms with Crippen LogP contribution in [-0.4, -0.2) is 16.8 Å². The number of hydrogen-bond donors (Lipinski definition) is 1. The molecule has 136 valence electrons. The van der Waals surface area contributed by atoms with Crippen molar-refractivity contribution < 1.29 is 9.59 Å². The topological polar surface area (TPSA) is 49.4 Å². The van der Waals surface area contributed by atoms with Crippen LogP contribution in [0.2, 0.25) is 0 Å². The molecule has 0 spiro atoms. The average molecular weight is 350 g/mol. The molecular weight excluding hydrogens is 324 g/mol. The molecule has 0 aromatic heterocycles. The van der Waals surface area contributed by atoms with Crippen molar-refractivity contribution in [2.75, 3.05) is 0 Å². The van der Waals surface area contributed by atoms with Crippen molar-refractivity contribution in [1.82, 2.24) is 10.2 Å². The fourth-order valence-electron chi connectivity index (χ4n) is 2.72. The Hall–Kier alpha value is -2.88. The third kappa shape index (κ3) is 4.60. The van der Waals surface area contributed by atoms with Crippen LogP contribution >= 0.6 is 0 Å². The van der Waals surface area contributed by atoms with E-state index in [1.165, 1.54) is 4.90 Å². The summed E-state index contributed by atoms with van der Waals surface area (Å²) in [4.78, 5) is 27.1. The van der Waals surface area contributed by atoms with Gasteiger partial charge < -0.3 is 5.32 Å². The minimum atomic E-state index is -0.399.